The van der Waals surface area contributed by atoms with Crippen LogP contribution in [0, 0.1) is 0 Å². The summed E-state index contributed by atoms with van der Waals surface area (Å²) in [7, 11) is -1.15. The number of rotatable bonds is 2. The molecule has 14 heavy (non-hydrogen) atoms. The van der Waals surface area contributed by atoms with Crippen molar-refractivity contribution in [2.24, 2.45) is 0 Å². The summed E-state index contributed by atoms with van der Waals surface area (Å²) in [5, 5.41) is 0. The Kier molecular flexibility index (Phi) is 2.88. The topological polar surface area (TPSA) is 17.1 Å². The molecule has 2 heterocycles. The fourth-order valence-corrected chi connectivity index (χ4v) is 8.13. The Morgan fingerprint density at radius 2 is 2.00 bits per heavy atom. The normalized spacial score (nSPS) is 20.6. The van der Waals surface area contributed by atoms with Crippen molar-refractivity contribution >= 4 is 30.2 Å². The molecule has 0 aliphatic carbocycles. The van der Waals surface area contributed by atoms with Crippen molar-refractivity contribution in [2.75, 3.05) is 0 Å². The number of aldehydes is 1. The standard InChI is InChI=1S/C11H16OSSi/c1-14(7-3-2-4-8-14)11-6-5-10(9-12)13-11/h5-6,9H,2-4,7-8H2,1H3. The Morgan fingerprint density at radius 3 is 2.57 bits per heavy atom. The van der Waals surface area contributed by atoms with Crippen molar-refractivity contribution in [1.29, 1.82) is 0 Å². The Balaban J connectivity index is 2.23. The Hall–Kier alpha value is -0.413. The summed E-state index contributed by atoms with van der Waals surface area (Å²) in [4.78, 5) is 11.5. The molecule has 0 N–H and O–H groups in total. The van der Waals surface area contributed by atoms with Gasteiger partial charge in [-0.3, -0.25) is 4.79 Å². The zero-order valence-corrected chi connectivity index (χ0v) is 10.4. The van der Waals surface area contributed by atoms with Gasteiger partial charge in [-0.2, -0.15) is 0 Å². The molecule has 0 atom stereocenters. The molecular formula is C11H16OSSi. The number of hydrogen-bond donors (Lipinski definition) is 0. The number of hydrogen-bond acceptors (Lipinski definition) is 2. The molecule has 1 aromatic rings. The lowest BCUT2D eigenvalue weighted by Gasteiger charge is -2.30. The summed E-state index contributed by atoms with van der Waals surface area (Å²) >= 11 is 1.73. The largest absolute Gasteiger partial charge is 0.297 e. The van der Waals surface area contributed by atoms with Crippen LogP contribution in [0.1, 0.15) is 28.9 Å². The van der Waals surface area contributed by atoms with Crippen molar-refractivity contribution in [3.63, 3.8) is 0 Å². The average Bonchev–Trinajstić information content (AvgIpc) is 2.67. The minimum Gasteiger partial charge on any atom is -0.297 e. The van der Waals surface area contributed by atoms with E-state index >= 15 is 0 Å². The third kappa shape index (κ3) is 1.84. The van der Waals surface area contributed by atoms with Crippen LogP contribution in [0.15, 0.2) is 12.1 Å². The molecule has 3 heteroatoms. The minimum absolute atomic E-state index is 0.902. The molecule has 76 valence electrons. The van der Waals surface area contributed by atoms with E-state index in [1.807, 2.05) is 6.07 Å². The zero-order valence-electron chi connectivity index (χ0n) is 8.58. The number of thiophene rings is 1. The molecule has 1 aromatic heterocycles. The molecule has 0 spiro atoms. The van der Waals surface area contributed by atoms with Crippen molar-refractivity contribution < 1.29 is 4.79 Å². The maximum Gasteiger partial charge on any atom is 0.159 e. The second kappa shape index (κ2) is 3.99. The second-order valence-electron chi connectivity index (χ2n) is 4.44. The fourth-order valence-electron chi connectivity index (χ4n) is 2.32. The summed E-state index contributed by atoms with van der Waals surface area (Å²) in [5.41, 5.74) is 0. The third-order valence-corrected chi connectivity index (χ3v) is 10.2. The average molecular weight is 224 g/mol. The first-order valence-electron chi connectivity index (χ1n) is 5.30. The van der Waals surface area contributed by atoms with Gasteiger partial charge < -0.3 is 0 Å². The molecule has 0 radical (unpaired) electrons. The van der Waals surface area contributed by atoms with E-state index in [2.05, 4.69) is 12.6 Å². The monoisotopic (exact) mass is 224 g/mol. The van der Waals surface area contributed by atoms with Gasteiger partial charge in [0.25, 0.3) is 0 Å². The van der Waals surface area contributed by atoms with E-state index in [0.29, 0.717) is 0 Å². The Labute approximate surface area is 90.2 Å². The van der Waals surface area contributed by atoms with Crippen molar-refractivity contribution in [1.82, 2.24) is 0 Å². The van der Waals surface area contributed by atoms with Gasteiger partial charge in [0.2, 0.25) is 0 Å². The van der Waals surface area contributed by atoms with E-state index in [4.69, 9.17) is 0 Å². The molecule has 0 saturated carbocycles. The van der Waals surface area contributed by atoms with Crippen molar-refractivity contribution in [2.45, 2.75) is 37.9 Å². The molecule has 1 saturated heterocycles. The highest BCUT2D eigenvalue weighted by molar-refractivity contribution is 7.27. The van der Waals surface area contributed by atoms with Gasteiger partial charge in [-0.15, -0.1) is 11.3 Å². The fraction of sp³-hybridized carbons (Fsp3) is 0.545. The van der Waals surface area contributed by atoms with Crippen molar-refractivity contribution in [3.05, 3.63) is 17.0 Å². The molecule has 2 rings (SSSR count). The van der Waals surface area contributed by atoms with E-state index in [0.717, 1.165) is 11.2 Å². The summed E-state index contributed by atoms with van der Waals surface area (Å²) in [6.07, 6.45) is 5.19. The lowest BCUT2D eigenvalue weighted by Crippen LogP contribution is -2.44. The van der Waals surface area contributed by atoms with Gasteiger partial charge >= 0.3 is 0 Å². The second-order valence-corrected chi connectivity index (χ2v) is 10.6. The van der Waals surface area contributed by atoms with E-state index in [1.54, 1.807) is 15.8 Å². The van der Waals surface area contributed by atoms with Crippen LogP contribution in [0.4, 0.5) is 0 Å². The Morgan fingerprint density at radius 1 is 1.29 bits per heavy atom. The van der Waals surface area contributed by atoms with Gasteiger partial charge in [0, 0.05) is 0 Å². The third-order valence-electron chi connectivity index (χ3n) is 3.29. The minimum atomic E-state index is -1.15. The highest BCUT2D eigenvalue weighted by Gasteiger charge is 2.32. The molecule has 1 aliphatic heterocycles. The molecule has 0 unspecified atom stereocenters. The maximum absolute atomic E-state index is 10.6. The predicted molar refractivity (Wildman–Crippen MR) is 64.4 cm³/mol. The van der Waals surface area contributed by atoms with Gasteiger partial charge in [-0.25, -0.2) is 0 Å². The quantitative estimate of drug-likeness (QED) is 0.557. The molecule has 0 bridgehead atoms. The molecule has 0 aromatic carbocycles. The first-order chi connectivity index (χ1) is 6.74. The summed E-state index contributed by atoms with van der Waals surface area (Å²) in [6, 6.07) is 7.03. The van der Waals surface area contributed by atoms with Crippen LogP contribution in [0.2, 0.25) is 18.6 Å². The van der Waals surface area contributed by atoms with Gasteiger partial charge in [-0.05, 0) is 10.6 Å². The smallest absolute Gasteiger partial charge is 0.159 e. The van der Waals surface area contributed by atoms with Crippen LogP contribution in [0.3, 0.4) is 0 Å². The van der Waals surface area contributed by atoms with Crippen LogP contribution in [0.5, 0.6) is 0 Å². The lowest BCUT2D eigenvalue weighted by molar-refractivity contribution is 0.112. The first kappa shape index (κ1) is 10.1. The van der Waals surface area contributed by atoms with Gasteiger partial charge in [0.05, 0.1) is 13.0 Å². The van der Waals surface area contributed by atoms with Crippen molar-refractivity contribution in [3.8, 4) is 0 Å². The molecular weight excluding hydrogens is 208 g/mol. The van der Waals surface area contributed by atoms with Crippen LogP contribution in [-0.4, -0.2) is 14.4 Å². The Bertz CT molecular complexity index is 326. The molecule has 1 fully saturated rings. The van der Waals surface area contributed by atoms with Gasteiger partial charge in [0.15, 0.2) is 6.29 Å². The van der Waals surface area contributed by atoms with Gasteiger partial charge in [-0.1, -0.05) is 44.0 Å². The van der Waals surface area contributed by atoms with Crippen LogP contribution in [-0.2, 0) is 0 Å². The summed E-state index contributed by atoms with van der Waals surface area (Å²) < 4.78 is 1.54. The highest BCUT2D eigenvalue weighted by atomic mass is 32.1. The van der Waals surface area contributed by atoms with Crippen LogP contribution in [0.25, 0.3) is 0 Å². The maximum atomic E-state index is 10.6. The van der Waals surface area contributed by atoms with Crippen LogP contribution < -0.4 is 4.50 Å². The predicted octanol–water partition coefficient (Wildman–Crippen LogP) is 3.03. The number of carbonyl (C=O) groups is 1. The molecule has 0 amide bonds. The van der Waals surface area contributed by atoms with E-state index < -0.39 is 8.07 Å². The van der Waals surface area contributed by atoms with Gasteiger partial charge in [0.1, 0.15) is 0 Å². The van der Waals surface area contributed by atoms with E-state index in [-0.39, 0.29) is 0 Å². The molecule has 1 nitrogen and oxygen atoms in total. The summed E-state index contributed by atoms with van der Waals surface area (Å²) in [5.74, 6) is 0. The number of carbonyl (C=O) groups excluding carboxylic acids is 1. The lowest BCUT2D eigenvalue weighted by atomic mass is 10.3. The zero-order chi connectivity index (χ0) is 10.0. The summed E-state index contributed by atoms with van der Waals surface area (Å²) in [6.45, 7) is 2.48. The van der Waals surface area contributed by atoms with Crippen LogP contribution >= 0.6 is 11.3 Å². The SMILES string of the molecule is C[Si]1(c2ccc(C=O)s2)CCCCC1. The van der Waals surface area contributed by atoms with E-state index in [9.17, 15) is 4.79 Å². The van der Waals surface area contributed by atoms with E-state index in [1.165, 1.54) is 31.4 Å². The first-order valence-corrected chi connectivity index (χ1v) is 9.03. The highest BCUT2D eigenvalue weighted by Crippen LogP contribution is 2.29. The molecule has 1 aliphatic rings.